The average Bonchev–Trinajstić information content (AvgIpc) is 2.96. The second-order valence-corrected chi connectivity index (χ2v) is 7.05. The Kier molecular flexibility index (Phi) is 6.56. The van der Waals surface area contributed by atoms with Gasteiger partial charge in [0.25, 0.3) is 11.1 Å². The third-order valence-corrected chi connectivity index (χ3v) is 4.88. The van der Waals surface area contributed by atoms with E-state index in [2.05, 4.69) is 5.32 Å². The number of benzene rings is 2. The SMILES string of the molecule is O=C(/C=C/c1ccc(F)cc1)NCCN1C(=O)S/C(=C\c2ccc(F)cc2)C1=O. The highest BCUT2D eigenvalue weighted by atomic mass is 32.2. The van der Waals surface area contributed by atoms with Crippen LogP contribution in [0.4, 0.5) is 13.6 Å². The minimum Gasteiger partial charge on any atom is -0.351 e. The van der Waals surface area contributed by atoms with E-state index in [1.807, 2.05) is 0 Å². The summed E-state index contributed by atoms with van der Waals surface area (Å²) in [5.74, 6) is -1.61. The molecule has 0 spiro atoms. The van der Waals surface area contributed by atoms with Crippen molar-refractivity contribution in [2.24, 2.45) is 0 Å². The predicted octanol–water partition coefficient (Wildman–Crippen LogP) is 3.83. The first-order chi connectivity index (χ1) is 13.9. The monoisotopic (exact) mass is 414 g/mol. The van der Waals surface area contributed by atoms with Crippen LogP contribution in [0.5, 0.6) is 0 Å². The number of hydrogen-bond donors (Lipinski definition) is 1. The third kappa shape index (κ3) is 5.61. The van der Waals surface area contributed by atoms with Crippen LogP contribution in [0.15, 0.2) is 59.5 Å². The summed E-state index contributed by atoms with van der Waals surface area (Å²) in [5.41, 5.74) is 1.27. The van der Waals surface area contributed by atoms with Crippen molar-refractivity contribution in [2.75, 3.05) is 13.1 Å². The third-order valence-electron chi connectivity index (χ3n) is 3.97. The molecule has 1 fully saturated rings. The molecule has 2 aromatic carbocycles. The number of rotatable bonds is 6. The van der Waals surface area contributed by atoms with Crippen LogP contribution >= 0.6 is 11.8 Å². The van der Waals surface area contributed by atoms with Crippen molar-refractivity contribution in [3.63, 3.8) is 0 Å². The van der Waals surface area contributed by atoms with Crippen LogP contribution in [-0.2, 0) is 9.59 Å². The molecule has 5 nitrogen and oxygen atoms in total. The quantitative estimate of drug-likeness (QED) is 0.730. The fourth-order valence-electron chi connectivity index (χ4n) is 2.50. The highest BCUT2D eigenvalue weighted by Crippen LogP contribution is 2.31. The molecule has 0 radical (unpaired) electrons. The van der Waals surface area contributed by atoms with Crippen molar-refractivity contribution in [3.05, 3.63) is 82.3 Å². The molecule has 29 heavy (non-hydrogen) atoms. The lowest BCUT2D eigenvalue weighted by Gasteiger charge is -2.12. The summed E-state index contributed by atoms with van der Waals surface area (Å²) in [7, 11) is 0. The average molecular weight is 414 g/mol. The zero-order valence-corrected chi connectivity index (χ0v) is 15.9. The molecule has 0 aromatic heterocycles. The van der Waals surface area contributed by atoms with Crippen LogP contribution < -0.4 is 5.32 Å². The minimum atomic E-state index is -0.458. The predicted molar refractivity (Wildman–Crippen MR) is 108 cm³/mol. The molecule has 2 aromatic rings. The molecule has 8 heteroatoms. The molecule has 3 amide bonds. The maximum atomic E-state index is 13.0. The Morgan fingerprint density at radius 3 is 2.17 bits per heavy atom. The van der Waals surface area contributed by atoms with Gasteiger partial charge in [-0.1, -0.05) is 24.3 Å². The fraction of sp³-hybridized carbons (Fsp3) is 0.0952. The van der Waals surface area contributed by atoms with Crippen LogP contribution in [-0.4, -0.2) is 35.0 Å². The number of nitrogens with zero attached hydrogens (tertiary/aromatic N) is 1. The van der Waals surface area contributed by atoms with Gasteiger partial charge in [-0.25, -0.2) is 8.78 Å². The number of halogens is 2. The van der Waals surface area contributed by atoms with Crippen molar-refractivity contribution in [3.8, 4) is 0 Å². The summed E-state index contributed by atoms with van der Waals surface area (Å²) >= 11 is 0.796. The molecule has 1 saturated heterocycles. The first kappa shape index (κ1) is 20.5. The van der Waals surface area contributed by atoms with Crippen LogP contribution in [0.1, 0.15) is 11.1 Å². The first-order valence-electron chi connectivity index (χ1n) is 8.65. The zero-order valence-electron chi connectivity index (χ0n) is 15.1. The lowest BCUT2D eigenvalue weighted by atomic mass is 10.2. The van der Waals surface area contributed by atoms with Crippen LogP contribution in [0.2, 0.25) is 0 Å². The number of imide groups is 1. The van der Waals surface area contributed by atoms with E-state index < -0.39 is 17.1 Å². The molecule has 0 bridgehead atoms. The van der Waals surface area contributed by atoms with Crippen molar-refractivity contribution >= 4 is 41.0 Å². The summed E-state index contributed by atoms with van der Waals surface area (Å²) in [5, 5.41) is 2.16. The van der Waals surface area contributed by atoms with E-state index in [-0.39, 0.29) is 29.6 Å². The fourth-order valence-corrected chi connectivity index (χ4v) is 3.36. The first-order valence-corrected chi connectivity index (χ1v) is 9.46. The highest BCUT2D eigenvalue weighted by molar-refractivity contribution is 8.18. The van der Waals surface area contributed by atoms with Crippen molar-refractivity contribution in [2.45, 2.75) is 0 Å². The van der Waals surface area contributed by atoms with Gasteiger partial charge in [0.2, 0.25) is 5.91 Å². The molecule has 1 N–H and O–H groups in total. The largest absolute Gasteiger partial charge is 0.351 e. The molecule has 1 aliphatic rings. The summed E-state index contributed by atoms with van der Waals surface area (Å²) in [6.07, 6.45) is 4.34. The number of hydrogen-bond acceptors (Lipinski definition) is 4. The van der Waals surface area contributed by atoms with Gasteiger partial charge >= 0.3 is 0 Å². The number of amides is 3. The zero-order chi connectivity index (χ0) is 20.8. The molecular weight excluding hydrogens is 398 g/mol. The van der Waals surface area contributed by atoms with Gasteiger partial charge in [-0.05, 0) is 59.3 Å². The Balaban J connectivity index is 1.52. The summed E-state index contributed by atoms with van der Waals surface area (Å²) in [4.78, 5) is 37.6. The Morgan fingerprint density at radius 2 is 1.55 bits per heavy atom. The maximum absolute atomic E-state index is 13.0. The number of nitrogens with one attached hydrogen (secondary N) is 1. The number of carbonyl (C=O) groups is 3. The van der Waals surface area contributed by atoms with E-state index in [0.29, 0.717) is 11.1 Å². The molecule has 0 aliphatic carbocycles. The van der Waals surface area contributed by atoms with Crippen molar-refractivity contribution in [1.82, 2.24) is 10.2 Å². The standard InChI is InChI=1S/C21H16F2N2O3S/c22-16-6-1-14(2-7-16)5-10-19(26)24-11-12-25-20(27)18(29-21(25)28)13-15-3-8-17(23)9-4-15/h1-10,13H,11-12H2,(H,24,26)/b10-5+,18-13-. The van der Waals surface area contributed by atoms with Gasteiger partial charge in [-0.3, -0.25) is 19.3 Å². The Hall–Kier alpha value is -3.26. The van der Waals surface area contributed by atoms with Gasteiger partial charge in [0.15, 0.2) is 0 Å². The van der Waals surface area contributed by atoms with E-state index in [0.717, 1.165) is 16.7 Å². The molecule has 0 atom stereocenters. The maximum Gasteiger partial charge on any atom is 0.293 e. The van der Waals surface area contributed by atoms with E-state index in [1.165, 1.54) is 66.8 Å². The molecule has 1 heterocycles. The van der Waals surface area contributed by atoms with E-state index >= 15 is 0 Å². The van der Waals surface area contributed by atoms with E-state index in [4.69, 9.17) is 0 Å². The molecule has 3 rings (SSSR count). The molecule has 0 unspecified atom stereocenters. The Morgan fingerprint density at radius 1 is 0.966 bits per heavy atom. The summed E-state index contributed by atoms with van der Waals surface area (Å²) < 4.78 is 25.8. The topological polar surface area (TPSA) is 66.5 Å². The van der Waals surface area contributed by atoms with Crippen LogP contribution in [0.3, 0.4) is 0 Å². The van der Waals surface area contributed by atoms with Gasteiger partial charge < -0.3 is 5.32 Å². The van der Waals surface area contributed by atoms with Gasteiger partial charge in [-0.2, -0.15) is 0 Å². The van der Waals surface area contributed by atoms with Gasteiger partial charge in [0.05, 0.1) is 4.91 Å². The Bertz CT molecular complexity index is 986. The second kappa shape index (κ2) is 9.29. The number of carbonyl (C=O) groups excluding carboxylic acids is 3. The molecule has 148 valence electrons. The summed E-state index contributed by atoms with van der Waals surface area (Å²) in [6, 6.07) is 11.2. The lowest BCUT2D eigenvalue weighted by Crippen LogP contribution is -2.36. The van der Waals surface area contributed by atoms with Crippen LogP contribution in [0, 0.1) is 11.6 Å². The lowest BCUT2D eigenvalue weighted by molar-refractivity contribution is -0.123. The van der Waals surface area contributed by atoms with Gasteiger partial charge in [-0.15, -0.1) is 0 Å². The van der Waals surface area contributed by atoms with Crippen molar-refractivity contribution < 1.29 is 23.2 Å². The van der Waals surface area contributed by atoms with E-state index in [9.17, 15) is 23.2 Å². The highest BCUT2D eigenvalue weighted by Gasteiger charge is 2.34. The normalized spacial score (nSPS) is 15.5. The minimum absolute atomic E-state index is 0.0293. The smallest absolute Gasteiger partial charge is 0.293 e. The number of thioether (sulfide) groups is 1. The second-order valence-electron chi connectivity index (χ2n) is 6.06. The van der Waals surface area contributed by atoms with E-state index in [1.54, 1.807) is 0 Å². The van der Waals surface area contributed by atoms with Crippen molar-refractivity contribution in [1.29, 1.82) is 0 Å². The molecule has 0 saturated carbocycles. The van der Waals surface area contributed by atoms with Gasteiger partial charge in [0, 0.05) is 19.2 Å². The molecular formula is C21H16F2N2O3S. The summed E-state index contributed by atoms with van der Waals surface area (Å²) in [6.45, 7) is 0.121. The van der Waals surface area contributed by atoms with Crippen LogP contribution in [0.25, 0.3) is 12.2 Å². The molecule has 1 aliphatic heterocycles. The van der Waals surface area contributed by atoms with Gasteiger partial charge in [0.1, 0.15) is 11.6 Å². The Labute approximate surface area is 170 Å².